The first-order chi connectivity index (χ1) is 10.3. The van der Waals surface area contributed by atoms with Crippen molar-refractivity contribution < 1.29 is 0 Å². The highest BCUT2D eigenvalue weighted by molar-refractivity contribution is 5.55. The first kappa shape index (κ1) is 16.2. The second kappa shape index (κ2) is 8.31. The Labute approximate surface area is 130 Å². The average molecular weight is 288 g/mol. The van der Waals surface area contributed by atoms with E-state index < -0.39 is 0 Å². The van der Waals surface area contributed by atoms with E-state index in [0.29, 0.717) is 6.04 Å². The molecule has 0 aromatic heterocycles. The molecule has 0 amide bonds. The number of hydrogen-bond acceptors (Lipinski definition) is 2. The minimum Gasteiger partial charge on any atom is -0.382 e. The zero-order valence-electron chi connectivity index (χ0n) is 14.1. The highest BCUT2D eigenvalue weighted by Gasteiger charge is 2.20. The van der Waals surface area contributed by atoms with Crippen LogP contribution in [0.25, 0.3) is 0 Å². The summed E-state index contributed by atoms with van der Waals surface area (Å²) in [4.78, 5) is 2.39. The lowest BCUT2D eigenvalue weighted by molar-refractivity contribution is 0.319. The molecule has 0 atom stereocenters. The van der Waals surface area contributed by atoms with Gasteiger partial charge in [0.25, 0.3) is 0 Å². The van der Waals surface area contributed by atoms with Crippen LogP contribution in [0.15, 0.2) is 24.3 Å². The lowest BCUT2D eigenvalue weighted by Crippen LogP contribution is -2.26. The number of benzene rings is 1. The van der Waals surface area contributed by atoms with Crippen molar-refractivity contribution in [3.63, 3.8) is 0 Å². The molecule has 0 saturated heterocycles. The van der Waals surface area contributed by atoms with E-state index in [1.54, 1.807) is 0 Å². The molecule has 1 aromatic carbocycles. The minimum absolute atomic E-state index is 0.678. The molecule has 1 fully saturated rings. The van der Waals surface area contributed by atoms with E-state index in [2.05, 4.69) is 55.3 Å². The molecule has 2 rings (SSSR count). The van der Waals surface area contributed by atoms with Gasteiger partial charge < -0.3 is 10.2 Å². The summed E-state index contributed by atoms with van der Waals surface area (Å²) < 4.78 is 0. The number of nitrogens with zero attached hydrogens (tertiary/aromatic N) is 1. The number of hydrogen-bond donors (Lipinski definition) is 1. The Morgan fingerprint density at radius 3 is 2.10 bits per heavy atom. The summed E-state index contributed by atoms with van der Waals surface area (Å²) in [5, 5.41) is 3.73. The Balaban J connectivity index is 1.84. The van der Waals surface area contributed by atoms with Crippen molar-refractivity contribution in [1.29, 1.82) is 0 Å². The predicted molar refractivity (Wildman–Crippen MR) is 94.3 cm³/mol. The Kier molecular flexibility index (Phi) is 6.41. The summed E-state index contributed by atoms with van der Waals surface area (Å²) in [5.41, 5.74) is 2.61. The van der Waals surface area contributed by atoms with Crippen molar-refractivity contribution in [2.45, 2.75) is 65.3 Å². The Morgan fingerprint density at radius 1 is 0.952 bits per heavy atom. The van der Waals surface area contributed by atoms with Gasteiger partial charge in [0.1, 0.15) is 0 Å². The third-order valence-electron chi connectivity index (χ3n) is 4.91. The topological polar surface area (TPSA) is 15.3 Å². The van der Waals surface area contributed by atoms with Gasteiger partial charge in [0, 0.05) is 30.5 Å². The number of rotatable bonds is 7. The summed E-state index contributed by atoms with van der Waals surface area (Å²) in [6, 6.07) is 9.66. The fourth-order valence-electron chi connectivity index (χ4n) is 3.60. The zero-order valence-corrected chi connectivity index (χ0v) is 14.1. The molecule has 1 saturated carbocycles. The predicted octanol–water partition coefficient (Wildman–Crippen LogP) is 5.30. The van der Waals surface area contributed by atoms with Crippen molar-refractivity contribution in [1.82, 2.24) is 0 Å². The molecule has 1 aliphatic carbocycles. The summed E-state index contributed by atoms with van der Waals surface area (Å²) in [7, 11) is 0. The highest BCUT2D eigenvalue weighted by Crippen LogP contribution is 2.29. The van der Waals surface area contributed by atoms with Gasteiger partial charge in [0.05, 0.1) is 0 Å². The molecule has 0 bridgehead atoms. The number of anilines is 2. The Bertz CT molecular complexity index is 387. The van der Waals surface area contributed by atoms with Gasteiger partial charge in [0.2, 0.25) is 0 Å². The normalized spacial score (nSPS) is 22.0. The van der Waals surface area contributed by atoms with Gasteiger partial charge in [-0.05, 0) is 69.7 Å². The van der Waals surface area contributed by atoms with Crippen LogP contribution in [-0.2, 0) is 0 Å². The van der Waals surface area contributed by atoms with Crippen LogP contribution >= 0.6 is 0 Å². The summed E-state index contributed by atoms with van der Waals surface area (Å²) in [5.74, 6) is 0.984. The van der Waals surface area contributed by atoms with Crippen LogP contribution < -0.4 is 10.2 Å². The molecule has 0 heterocycles. The van der Waals surface area contributed by atoms with Crippen molar-refractivity contribution in [2.24, 2.45) is 5.92 Å². The van der Waals surface area contributed by atoms with Crippen LogP contribution in [0.3, 0.4) is 0 Å². The van der Waals surface area contributed by atoms with Crippen LogP contribution in [-0.4, -0.2) is 19.1 Å². The second-order valence-corrected chi connectivity index (χ2v) is 6.37. The fraction of sp³-hybridized carbons (Fsp3) is 0.684. The lowest BCUT2D eigenvalue weighted by atomic mass is 9.83. The second-order valence-electron chi connectivity index (χ2n) is 6.37. The van der Waals surface area contributed by atoms with Gasteiger partial charge in [-0.15, -0.1) is 0 Å². The SMILES string of the molecule is CCCC1CCC(Nc2ccc(N(CC)CC)cc2)CC1. The first-order valence-corrected chi connectivity index (χ1v) is 8.88. The van der Waals surface area contributed by atoms with Gasteiger partial charge in [-0.2, -0.15) is 0 Å². The molecule has 0 spiro atoms. The molecule has 2 nitrogen and oxygen atoms in total. The molecule has 0 radical (unpaired) electrons. The third-order valence-corrected chi connectivity index (χ3v) is 4.91. The van der Waals surface area contributed by atoms with Gasteiger partial charge in [0.15, 0.2) is 0 Å². The molecule has 21 heavy (non-hydrogen) atoms. The Hall–Kier alpha value is -1.18. The minimum atomic E-state index is 0.678. The summed E-state index contributed by atoms with van der Waals surface area (Å²) in [6.45, 7) is 8.88. The molecular weight excluding hydrogens is 256 g/mol. The largest absolute Gasteiger partial charge is 0.382 e. The maximum atomic E-state index is 3.73. The van der Waals surface area contributed by atoms with Gasteiger partial charge >= 0.3 is 0 Å². The fourth-order valence-corrected chi connectivity index (χ4v) is 3.60. The van der Waals surface area contributed by atoms with E-state index in [-0.39, 0.29) is 0 Å². The molecule has 0 aliphatic heterocycles. The van der Waals surface area contributed by atoms with E-state index in [9.17, 15) is 0 Å². The van der Waals surface area contributed by atoms with Crippen molar-refractivity contribution >= 4 is 11.4 Å². The molecule has 0 unspecified atom stereocenters. The monoisotopic (exact) mass is 288 g/mol. The smallest absolute Gasteiger partial charge is 0.0367 e. The van der Waals surface area contributed by atoms with Gasteiger partial charge in [-0.25, -0.2) is 0 Å². The van der Waals surface area contributed by atoms with Gasteiger partial charge in [-0.1, -0.05) is 19.8 Å². The summed E-state index contributed by atoms with van der Waals surface area (Å²) in [6.07, 6.45) is 8.25. The van der Waals surface area contributed by atoms with E-state index in [4.69, 9.17) is 0 Å². The van der Waals surface area contributed by atoms with E-state index in [1.807, 2.05) is 0 Å². The third kappa shape index (κ3) is 4.66. The van der Waals surface area contributed by atoms with E-state index in [0.717, 1.165) is 19.0 Å². The number of nitrogens with one attached hydrogen (secondary N) is 1. The van der Waals surface area contributed by atoms with Crippen LogP contribution in [0.2, 0.25) is 0 Å². The van der Waals surface area contributed by atoms with Crippen molar-refractivity contribution in [3.8, 4) is 0 Å². The van der Waals surface area contributed by atoms with Crippen LogP contribution in [0.1, 0.15) is 59.3 Å². The van der Waals surface area contributed by atoms with E-state index >= 15 is 0 Å². The standard InChI is InChI=1S/C19H32N2/c1-4-7-16-8-10-17(11-9-16)20-18-12-14-19(15-13-18)21(5-2)6-3/h12-17,20H,4-11H2,1-3H3. The van der Waals surface area contributed by atoms with Crippen molar-refractivity contribution in [3.05, 3.63) is 24.3 Å². The van der Waals surface area contributed by atoms with Crippen LogP contribution in [0, 0.1) is 5.92 Å². The average Bonchev–Trinajstić information content (AvgIpc) is 2.52. The van der Waals surface area contributed by atoms with Crippen molar-refractivity contribution in [2.75, 3.05) is 23.3 Å². The molecule has 1 N–H and O–H groups in total. The van der Waals surface area contributed by atoms with E-state index in [1.165, 1.54) is 49.9 Å². The molecule has 2 heteroatoms. The highest BCUT2D eigenvalue weighted by atomic mass is 15.1. The molecule has 1 aliphatic rings. The molecular formula is C19H32N2. The van der Waals surface area contributed by atoms with Crippen LogP contribution in [0.4, 0.5) is 11.4 Å². The summed E-state index contributed by atoms with van der Waals surface area (Å²) >= 11 is 0. The lowest BCUT2D eigenvalue weighted by Gasteiger charge is -2.30. The zero-order chi connectivity index (χ0) is 15.1. The maximum absolute atomic E-state index is 3.73. The molecule has 1 aromatic rings. The van der Waals surface area contributed by atoms with Gasteiger partial charge in [-0.3, -0.25) is 0 Å². The quantitative estimate of drug-likeness (QED) is 0.732. The maximum Gasteiger partial charge on any atom is 0.0367 e. The Morgan fingerprint density at radius 2 is 1.57 bits per heavy atom. The molecule has 118 valence electrons. The van der Waals surface area contributed by atoms with Crippen LogP contribution in [0.5, 0.6) is 0 Å². The first-order valence-electron chi connectivity index (χ1n) is 8.88.